The van der Waals surface area contributed by atoms with Gasteiger partial charge in [0, 0.05) is 25.2 Å². The van der Waals surface area contributed by atoms with Crippen molar-refractivity contribution in [1.29, 1.82) is 0 Å². The Morgan fingerprint density at radius 2 is 2.27 bits per heavy atom. The van der Waals surface area contributed by atoms with Crippen molar-refractivity contribution >= 4 is 0 Å². The highest BCUT2D eigenvalue weighted by atomic mass is 16.5. The zero-order valence-corrected chi connectivity index (χ0v) is 10.0. The average Bonchev–Trinajstić information content (AvgIpc) is 2.26. The minimum Gasteiger partial charge on any atom is -0.378 e. The maximum absolute atomic E-state index is 5.50. The molecule has 1 N–H and O–H groups in total. The van der Waals surface area contributed by atoms with E-state index in [9.17, 15) is 0 Å². The molecule has 0 saturated carbocycles. The van der Waals surface area contributed by atoms with Gasteiger partial charge in [-0.1, -0.05) is 6.92 Å². The maximum atomic E-state index is 5.50. The van der Waals surface area contributed by atoms with Crippen molar-refractivity contribution in [3.63, 3.8) is 0 Å². The first-order valence-corrected chi connectivity index (χ1v) is 6.32. The summed E-state index contributed by atoms with van der Waals surface area (Å²) in [5.41, 5.74) is 0. The fourth-order valence-corrected chi connectivity index (χ4v) is 2.70. The largest absolute Gasteiger partial charge is 0.378 e. The van der Waals surface area contributed by atoms with Gasteiger partial charge in [-0.25, -0.2) is 0 Å². The van der Waals surface area contributed by atoms with E-state index in [4.69, 9.17) is 4.74 Å². The molecular formula is C12H24N2O. The lowest BCUT2D eigenvalue weighted by molar-refractivity contribution is 0.0393. The molecule has 0 bridgehead atoms. The fraction of sp³-hybridized carbons (Fsp3) is 1.00. The van der Waals surface area contributed by atoms with Crippen molar-refractivity contribution in [2.45, 2.75) is 38.8 Å². The normalized spacial score (nSPS) is 39.2. The summed E-state index contributed by atoms with van der Waals surface area (Å²) in [6.45, 7) is 9.95. The van der Waals surface area contributed by atoms with E-state index in [1.165, 1.54) is 19.4 Å². The van der Waals surface area contributed by atoms with E-state index in [0.717, 1.165) is 38.3 Å². The summed E-state index contributed by atoms with van der Waals surface area (Å²) in [5, 5.41) is 3.54. The first-order chi connectivity index (χ1) is 7.27. The predicted molar refractivity (Wildman–Crippen MR) is 62.0 cm³/mol. The molecule has 0 aromatic carbocycles. The molecule has 3 nitrogen and oxygen atoms in total. The molecule has 2 saturated heterocycles. The second-order valence-electron chi connectivity index (χ2n) is 5.08. The summed E-state index contributed by atoms with van der Waals surface area (Å²) < 4.78 is 5.50. The number of rotatable bonds is 2. The highest BCUT2D eigenvalue weighted by Crippen LogP contribution is 2.22. The zero-order chi connectivity index (χ0) is 10.7. The molecule has 3 atom stereocenters. The highest BCUT2D eigenvalue weighted by Gasteiger charge is 2.27. The van der Waals surface area contributed by atoms with Gasteiger partial charge >= 0.3 is 0 Å². The Bertz CT molecular complexity index is 192. The third-order valence-corrected chi connectivity index (χ3v) is 3.96. The van der Waals surface area contributed by atoms with Gasteiger partial charge in [-0.05, 0) is 32.2 Å². The number of hydrogen-bond acceptors (Lipinski definition) is 3. The van der Waals surface area contributed by atoms with E-state index in [1.807, 2.05) is 0 Å². The maximum Gasteiger partial charge on any atom is 0.0632 e. The monoisotopic (exact) mass is 212 g/mol. The Kier molecular flexibility index (Phi) is 4.00. The number of hydrogen-bond donors (Lipinski definition) is 1. The van der Waals surface area contributed by atoms with Crippen LogP contribution in [0, 0.1) is 5.92 Å². The van der Waals surface area contributed by atoms with Crippen LogP contribution < -0.4 is 5.32 Å². The molecule has 0 spiro atoms. The number of nitrogens with one attached hydrogen (secondary N) is 1. The summed E-state index contributed by atoms with van der Waals surface area (Å²) >= 11 is 0. The van der Waals surface area contributed by atoms with Gasteiger partial charge in [-0.15, -0.1) is 0 Å². The van der Waals surface area contributed by atoms with Crippen molar-refractivity contribution in [1.82, 2.24) is 10.2 Å². The molecule has 2 rings (SSSR count). The first-order valence-electron chi connectivity index (χ1n) is 6.32. The van der Waals surface area contributed by atoms with Crippen LogP contribution in [0.25, 0.3) is 0 Å². The Morgan fingerprint density at radius 1 is 1.40 bits per heavy atom. The summed E-state index contributed by atoms with van der Waals surface area (Å²) in [5.74, 6) is 0.850. The molecular weight excluding hydrogens is 188 g/mol. The third kappa shape index (κ3) is 2.92. The van der Waals surface area contributed by atoms with E-state index >= 15 is 0 Å². The van der Waals surface area contributed by atoms with Gasteiger partial charge in [-0.3, -0.25) is 4.90 Å². The van der Waals surface area contributed by atoms with Crippen molar-refractivity contribution < 1.29 is 4.74 Å². The topological polar surface area (TPSA) is 24.5 Å². The van der Waals surface area contributed by atoms with Gasteiger partial charge in [0.2, 0.25) is 0 Å². The van der Waals surface area contributed by atoms with Crippen molar-refractivity contribution in [3.05, 3.63) is 0 Å². The molecule has 3 heteroatoms. The smallest absolute Gasteiger partial charge is 0.0632 e. The Morgan fingerprint density at radius 3 is 3.00 bits per heavy atom. The van der Waals surface area contributed by atoms with E-state index in [-0.39, 0.29) is 0 Å². The lowest BCUT2D eigenvalue weighted by Gasteiger charge is -2.40. The van der Waals surface area contributed by atoms with E-state index in [0.29, 0.717) is 6.04 Å². The summed E-state index contributed by atoms with van der Waals surface area (Å²) in [7, 11) is 0. The van der Waals surface area contributed by atoms with Gasteiger partial charge in [-0.2, -0.15) is 0 Å². The number of likely N-dealkylation sites (tertiary alicyclic amines) is 1. The summed E-state index contributed by atoms with van der Waals surface area (Å²) in [6.07, 6.45) is 2.76. The SMILES string of the molecule is CC1CCCN(CC2COCCN2)C1C. The lowest BCUT2D eigenvalue weighted by Crippen LogP contribution is -2.52. The van der Waals surface area contributed by atoms with Gasteiger partial charge in [0.25, 0.3) is 0 Å². The molecule has 2 fully saturated rings. The van der Waals surface area contributed by atoms with Gasteiger partial charge in [0.05, 0.1) is 13.2 Å². The van der Waals surface area contributed by atoms with Crippen LogP contribution in [0.3, 0.4) is 0 Å². The van der Waals surface area contributed by atoms with Crippen LogP contribution >= 0.6 is 0 Å². The van der Waals surface area contributed by atoms with Gasteiger partial charge in [0.1, 0.15) is 0 Å². The van der Waals surface area contributed by atoms with Crippen LogP contribution in [-0.4, -0.2) is 49.8 Å². The molecule has 0 aromatic heterocycles. The molecule has 0 amide bonds. The Balaban J connectivity index is 1.81. The van der Waals surface area contributed by atoms with E-state index in [2.05, 4.69) is 24.1 Å². The van der Waals surface area contributed by atoms with E-state index in [1.54, 1.807) is 0 Å². The number of ether oxygens (including phenoxy) is 1. The summed E-state index contributed by atoms with van der Waals surface area (Å²) in [4.78, 5) is 2.63. The Hall–Kier alpha value is -0.120. The van der Waals surface area contributed by atoms with Crippen molar-refractivity contribution in [2.24, 2.45) is 5.92 Å². The van der Waals surface area contributed by atoms with Gasteiger partial charge < -0.3 is 10.1 Å². The molecule has 15 heavy (non-hydrogen) atoms. The minimum absolute atomic E-state index is 0.548. The van der Waals surface area contributed by atoms with Crippen LogP contribution in [-0.2, 0) is 4.74 Å². The molecule has 0 aromatic rings. The van der Waals surface area contributed by atoms with Crippen LogP contribution in [0.4, 0.5) is 0 Å². The Labute approximate surface area is 93.2 Å². The second-order valence-corrected chi connectivity index (χ2v) is 5.08. The molecule has 88 valence electrons. The number of morpholine rings is 1. The number of piperidine rings is 1. The quantitative estimate of drug-likeness (QED) is 0.742. The fourth-order valence-electron chi connectivity index (χ4n) is 2.70. The second kappa shape index (κ2) is 5.28. The van der Waals surface area contributed by atoms with Crippen LogP contribution in [0.5, 0.6) is 0 Å². The van der Waals surface area contributed by atoms with Crippen LogP contribution in [0.1, 0.15) is 26.7 Å². The number of nitrogens with zero attached hydrogens (tertiary/aromatic N) is 1. The summed E-state index contributed by atoms with van der Waals surface area (Å²) in [6, 6.07) is 1.29. The molecule has 0 radical (unpaired) electrons. The molecule has 0 aliphatic carbocycles. The van der Waals surface area contributed by atoms with Gasteiger partial charge in [0.15, 0.2) is 0 Å². The standard InChI is InChI=1S/C12H24N2O/c1-10-4-3-6-14(11(10)2)8-12-9-15-7-5-13-12/h10-13H,3-9H2,1-2H3. The predicted octanol–water partition coefficient (Wildman–Crippen LogP) is 1.10. The van der Waals surface area contributed by atoms with Crippen LogP contribution in [0.15, 0.2) is 0 Å². The van der Waals surface area contributed by atoms with Crippen molar-refractivity contribution in [3.8, 4) is 0 Å². The van der Waals surface area contributed by atoms with E-state index < -0.39 is 0 Å². The zero-order valence-electron chi connectivity index (χ0n) is 10.0. The lowest BCUT2D eigenvalue weighted by atomic mass is 9.92. The van der Waals surface area contributed by atoms with Crippen molar-refractivity contribution in [2.75, 3.05) is 32.8 Å². The third-order valence-electron chi connectivity index (χ3n) is 3.96. The average molecular weight is 212 g/mol. The minimum atomic E-state index is 0.548. The molecule has 2 aliphatic rings. The van der Waals surface area contributed by atoms with Crippen LogP contribution in [0.2, 0.25) is 0 Å². The molecule has 2 heterocycles. The molecule has 3 unspecified atom stereocenters. The molecule has 2 aliphatic heterocycles. The highest BCUT2D eigenvalue weighted by molar-refractivity contribution is 4.83. The first kappa shape index (κ1) is 11.4.